The maximum Gasteiger partial charge on any atom is 0.226 e. The Morgan fingerprint density at radius 1 is 1.16 bits per heavy atom. The highest BCUT2D eigenvalue weighted by molar-refractivity contribution is 7.80. The Hall–Kier alpha value is -3.19. The first-order chi connectivity index (χ1) is 15.4. The number of nitrogens with one attached hydrogen (secondary N) is 2. The van der Waals surface area contributed by atoms with Crippen LogP contribution in [0.4, 0.5) is 5.69 Å². The van der Waals surface area contributed by atoms with Gasteiger partial charge in [-0.05, 0) is 69.4 Å². The van der Waals surface area contributed by atoms with Crippen molar-refractivity contribution in [1.82, 2.24) is 19.8 Å². The SMILES string of the molecule is Cc1ccc(NC(=O)CCN2C(=S)NC(c3ccccn3)C2c2cccn2C(C)C)cc1. The Labute approximate surface area is 194 Å². The van der Waals surface area contributed by atoms with Gasteiger partial charge in [-0.1, -0.05) is 23.8 Å². The fourth-order valence-corrected chi connectivity index (χ4v) is 4.51. The molecule has 1 amide bonds. The first-order valence-electron chi connectivity index (χ1n) is 11.0. The number of thiocarbonyl (C=S) groups is 1. The predicted octanol–water partition coefficient (Wildman–Crippen LogP) is 4.77. The van der Waals surface area contributed by atoms with E-state index in [0.717, 1.165) is 22.6 Å². The van der Waals surface area contributed by atoms with Crippen molar-refractivity contribution in [2.24, 2.45) is 0 Å². The molecule has 6 nitrogen and oxygen atoms in total. The lowest BCUT2D eigenvalue weighted by Gasteiger charge is -2.29. The number of hydrogen-bond donors (Lipinski definition) is 2. The minimum Gasteiger partial charge on any atom is -0.352 e. The molecule has 1 saturated heterocycles. The van der Waals surface area contributed by atoms with Crippen molar-refractivity contribution < 1.29 is 4.79 Å². The molecule has 2 atom stereocenters. The lowest BCUT2D eigenvalue weighted by Crippen LogP contribution is -2.33. The van der Waals surface area contributed by atoms with Crippen molar-refractivity contribution in [2.45, 2.75) is 45.3 Å². The lowest BCUT2D eigenvalue weighted by molar-refractivity contribution is -0.116. The predicted molar refractivity (Wildman–Crippen MR) is 131 cm³/mol. The Kier molecular flexibility index (Phi) is 6.55. The van der Waals surface area contributed by atoms with E-state index in [-0.39, 0.29) is 18.0 Å². The zero-order valence-electron chi connectivity index (χ0n) is 18.7. The Bertz CT molecular complexity index is 1080. The summed E-state index contributed by atoms with van der Waals surface area (Å²) in [6.45, 7) is 6.87. The summed E-state index contributed by atoms with van der Waals surface area (Å²) in [4.78, 5) is 19.4. The number of nitrogens with zero attached hydrogens (tertiary/aromatic N) is 3. The molecular formula is C25H29N5OS. The molecule has 2 aromatic heterocycles. The van der Waals surface area contributed by atoms with Crippen molar-refractivity contribution in [3.8, 4) is 0 Å². The second-order valence-corrected chi connectivity index (χ2v) is 8.80. The second-order valence-electron chi connectivity index (χ2n) is 8.42. The minimum atomic E-state index is -0.0868. The van der Waals surface area contributed by atoms with Crippen LogP contribution < -0.4 is 10.6 Å². The van der Waals surface area contributed by atoms with Crippen LogP contribution in [0.3, 0.4) is 0 Å². The summed E-state index contributed by atoms with van der Waals surface area (Å²) in [6, 6.07) is 18.1. The largest absolute Gasteiger partial charge is 0.352 e. The maximum atomic E-state index is 12.7. The third-order valence-electron chi connectivity index (χ3n) is 5.78. The molecule has 1 aliphatic rings. The summed E-state index contributed by atoms with van der Waals surface area (Å²) in [5.74, 6) is -0.0315. The molecule has 2 N–H and O–H groups in total. The standard InChI is InChI=1S/C25H29N5OS/c1-17(2)29-15-6-8-21(29)24-23(20-7-4-5-14-26-20)28-25(32)30(24)16-13-22(31)27-19-11-9-18(3)10-12-19/h4-12,14-15,17,23-24H,13,16H2,1-3H3,(H,27,31)(H,28,32). The van der Waals surface area contributed by atoms with Gasteiger partial charge in [0.2, 0.25) is 5.91 Å². The third-order valence-corrected chi connectivity index (χ3v) is 6.14. The van der Waals surface area contributed by atoms with E-state index in [4.69, 9.17) is 12.2 Å². The van der Waals surface area contributed by atoms with E-state index in [1.54, 1.807) is 6.20 Å². The number of aryl methyl sites for hydroxylation is 1. The van der Waals surface area contributed by atoms with Gasteiger partial charge in [-0.25, -0.2) is 0 Å². The van der Waals surface area contributed by atoms with E-state index in [1.807, 2.05) is 49.4 Å². The molecule has 3 heterocycles. The number of carbonyl (C=O) groups is 1. The first-order valence-corrected chi connectivity index (χ1v) is 11.4. The molecule has 0 saturated carbocycles. The van der Waals surface area contributed by atoms with Crippen LogP contribution in [-0.4, -0.2) is 32.0 Å². The minimum absolute atomic E-state index is 0.0315. The van der Waals surface area contributed by atoms with E-state index in [9.17, 15) is 4.79 Å². The number of pyridine rings is 1. The number of rotatable bonds is 7. The van der Waals surface area contributed by atoms with Crippen molar-refractivity contribution in [1.29, 1.82) is 0 Å². The molecule has 1 aromatic carbocycles. The van der Waals surface area contributed by atoms with Gasteiger partial charge in [-0.15, -0.1) is 0 Å². The van der Waals surface area contributed by atoms with E-state index >= 15 is 0 Å². The molecule has 3 aromatic rings. The van der Waals surface area contributed by atoms with Gasteiger partial charge in [0.05, 0.1) is 17.8 Å². The smallest absolute Gasteiger partial charge is 0.226 e. The summed E-state index contributed by atoms with van der Waals surface area (Å²) in [5.41, 5.74) is 4.05. The summed E-state index contributed by atoms with van der Waals surface area (Å²) in [7, 11) is 0. The molecule has 0 bridgehead atoms. The quantitative estimate of drug-likeness (QED) is 0.511. The highest BCUT2D eigenvalue weighted by atomic mass is 32.1. The van der Waals surface area contributed by atoms with Crippen LogP contribution in [0, 0.1) is 6.92 Å². The molecule has 166 valence electrons. The molecule has 7 heteroatoms. The van der Waals surface area contributed by atoms with Crippen LogP contribution in [0.2, 0.25) is 0 Å². The maximum absolute atomic E-state index is 12.7. The molecule has 0 radical (unpaired) electrons. The summed E-state index contributed by atoms with van der Waals surface area (Å²) in [6.07, 6.45) is 4.24. The third kappa shape index (κ3) is 4.67. The molecular weight excluding hydrogens is 418 g/mol. The molecule has 1 fully saturated rings. The van der Waals surface area contributed by atoms with Gasteiger partial charge in [0, 0.05) is 42.8 Å². The van der Waals surface area contributed by atoms with Gasteiger partial charge >= 0.3 is 0 Å². The second kappa shape index (κ2) is 9.53. The van der Waals surface area contributed by atoms with Gasteiger partial charge in [-0.2, -0.15) is 0 Å². The van der Waals surface area contributed by atoms with E-state index in [2.05, 4.69) is 57.3 Å². The van der Waals surface area contributed by atoms with E-state index in [1.165, 1.54) is 0 Å². The fraction of sp³-hybridized carbons (Fsp3) is 0.320. The summed E-state index contributed by atoms with van der Waals surface area (Å²) in [5, 5.41) is 7.08. The van der Waals surface area contributed by atoms with Gasteiger partial charge in [0.25, 0.3) is 0 Å². The van der Waals surface area contributed by atoms with Crippen molar-refractivity contribution in [2.75, 3.05) is 11.9 Å². The molecule has 1 aliphatic heterocycles. The average Bonchev–Trinajstić information content (AvgIpc) is 3.39. The fourth-order valence-electron chi connectivity index (χ4n) is 4.18. The lowest BCUT2D eigenvalue weighted by atomic mass is 10.0. The van der Waals surface area contributed by atoms with E-state index < -0.39 is 0 Å². The Morgan fingerprint density at radius 2 is 1.94 bits per heavy atom. The first kappa shape index (κ1) is 22.0. The number of amides is 1. The van der Waals surface area contributed by atoms with Crippen LogP contribution in [-0.2, 0) is 4.79 Å². The Balaban J connectivity index is 1.56. The van der Waals surface area contributed by atoms with Gasteiger partial charge in [0.15, 0.2) is 5.11 Å². The number of benzene rings is 1. The van der Waals surface area contributed by atoms with Gasteiger partial charge < -0.3 is 20.1 Å². The zero-order chi connectivity index (χ0) is 22.7. The summed E-state index contributed by atoms with van der Waals surface area (Å²) < 4.78 is 2.26. The number of aromatic nitrogens is 2. The van der Waals surface area contributed by atoms with Crippen LogP contribution in [0.1, 0.15) is 55.3 Å². The van der Waals surface area contributed by atoms with Gasteiger partial charge in [-0.3, -0.25) is 9.78 Å². The monoisotopic (exact) mass is 447 g/mol. The average molecular weight is 448 g/mol. The van der Waals surface area contributed by atoms with Crippen molar-refractivity contribution in [3.05, 3.63) is 83.9 Å². The van der Waals surface area contributed by atoms with Crippen LogP contribution in [0.15, 0.2) is 67.0 Å². The topological polar surface area (TPSA) is 62.2 Å². The highest BCUT2D eigenvalue weighted by Crippen LogP contribution is 2.39. The van der Waals surface area contributed by atoms with Crippen molar-refractivity contribution >= 4 is 28.9 Å². The zero-order valence-corrected chi connectivity index (χ0v) is 19.5. The normalized spacial score (nSPS) is 18.1. The summed E-state index contributed by atoms with van der Waals surface area (Å²) >= 11 is 5.72. The number of carbonyl (C=O) groups excluding carboxylic acids is 1. The molecule has 4 rings (SSSR count). The van der Waals surface area contributed by atoms with Crippen LogP contribution >= 0.6 is 12.2 Å². The van der Waals surface area contributed by atoms with Crippen LogP contribution in [0.5, 0.6) is 0 Å². The van der Waals surface area contributed by atoms with E-state index in [0.29, 0.717) is 24.1 Å². The molecule has 0 aliphatic carbocycles. The molecule has 0 spiro atoms. The number of hydrogen-bond acceptors (Lipinski definition) is 3. The van der Waals surface area contributed by atoms with Gasteiger partial charge in [0.1, 0.15) is 0 Å². The van der Waals surface area contributed by atoms with Crippen LogP contribution in [0.25, 0.3) is 0 Å². The van der Waals surface area contributed by atoms with Crippen molar-refractivity contribution in [3.63, 3.8) is 0 Å². The number of anilines is 1. The Morgan fingerprint density at radius 3 is 2.62 bits per heavy atom. The molecule has 32 heavy (non-hydrogen) atoms. The highest BCUT2D eigenvalue weighted by Gasteiger charge is 2.41. The molecule has 2 unspecified atom stereocenters.